The summed E-state index contributed by atoms with van der Waals surface area (Å²) in [5.41, 5.74) is 0.418. The van der Waals surface area contributed by atoms with Gasteiger partial charge in [0.05, 0.1) is 12.7 Å². The number of aliphatic hydroxyl groups is 1. The van der Waals surface area contributed by atoms with E-state index in [1.165, 1.54) is 5.39 Å². The molecule has 1 aliphatic heterocycles. The molecule has 0 aromatic heterocycles. The predicted octanol–water partition coefficient (Wildman–Crippen LogP) is 4.31. The molecule has 3 unspecified atom stereocenters. The Bertz CT molecular complexity index is 1210. The van der Waals surface area contributed by atoms with Gasteiger partial charge in [0, 0.05) is 38.6 Å². The number of carbonyl (C=O) groups is 1. The number of hydrogen-bond acceptors (Lipinski definition) is 6. The van der Waals surface area contributed by atoms with Gasteiger partial charge in [-0.15, -0.1) is 0 Å². The summed E-state index contributed by atoms with van der Waals surface area (Å²) in [6.07, 6.45) is 1.54. The zero-order valence-corrected chi connectivity index (χ0v) is 21.2. The van der Waals surface area contributed by atoms with Gasteiger partial charge in [-0.05, 0) is 60.8 Å². The highest BCUT2D eigenvalue weighted by Gasteiger charge is 2.45. The third-order valence-electron chi connectivity index (χ3n) is 7.99. The number of fused-ring (bicyclic) bond motifs is 1. The van der Waals surface area contributed by atoms with E-state index in [1.54, 1.807) is 19.2 Å². The smallest absolute Gasteiger partial charge is 0.342 e. The molecule has 3 aromatic rings. The van der Waals surface area contributed by atoms with Crippen LogP contribution in [0.15, 0.2) is 66.7 Å². The molecule has 36 heavy (non-hydrogen) atoms. The molecule has 6 heteroatoms. The second-order valence-electron chi connectivity index (χ2n) is 10.3. The lowest BCUT2D eigenvalue weighted by molar-refractivity contribution is -0.100. The summed E-state index contributed by atoms with van der Waals surface area (Å²) in [5, 5.41) is 14.5. The van der Waals surface area contributed by atoms with Crippen molar-refractivity contribution in [1.82, 2.24) is 9.80 Å². The Morgan fingerprint density at radius 2 is 1.72 bits per heavy atom. The van der Waals surface area contributed by atoms with Gasteiger partial charge in [-0.25, -0.2) is 4.79 Å². The van der Waals surface area contributed by atoms with Gasteiger partial charge < -0.3 is 24.4 Å². The zero-order valence-electron chi connectivity index (χ0n) is 21.2. The molecule has 3 aromatic carbocycles. The number of esters is 1. The number of piperazine rings is 1. The molecule has 0 bridgehead atoms. The van der Waals surface area contributed by atoms with Crippen LogP contribution in [0.3, 0.4) is 0 Å². The minimum atomic E-state index is -0.972. The third kappa shape index (κ3) is 5.12. The zero-order chi connectivity index (χ0) is 25.1. The quantitative estimate of drug-likeness (QED) is 0.522. The van der Waals surface area contributed by atoms with Crippen molar-refractivity contribution in [3.05, 3.63) is 77.9 Å². The van der Waals surface area contributed by atoms with Gasteiger partial charge >= 0.3 is 5.97 Å². The van der Waals surface area contributed by atoms with Gasteiger partial charge in [-0.2, -0.15) is 0 Å². The molecular formula is C30H36N2O4. The van der Waals surface area contributed by atoms with Crippen molar-refractivity contribution in [3.8, 4) is 5.75 Å². The molecule has 0 radical (unpaired) electrons. The van der Waals surface area contributed by atoms with Crippen LogP contribution in [-0.2, 0) is 10.3 Å². The van der Waals surface area contributed by atoms with Crippen molar-refractivity contribution < 1.29 is 19.4 Å². The van der Waals surface area contributed by atoms with Crippen LogP contribution in [-0.4, -0.2) is 73.9 Å². The van der Waals surface area contributed by atoms with Crippen LogP contribution in [0.5, 0.6) is 5.75 Å². The fourth-order valence-electron chi connectivity index (χ4n) is 5.76. The van der Waals surface area contributed by atoms with Crippen molar-refractivity contribution >= 4 is 16.7 Å². The molecule has 1 heterocycles. The van der Waals surface area contributed by atoms with E-state index >= 15 is 0 Å². The molecule has 2 aliphatic rings. The number of methoxy groups -OCH3 is 1. The number of carbonyl (C=O) groups excluding carboxylic acids is 1. The molecule has 0 spiro atoms. The summed E-state index contributed by atoms with van der Waals surface area (Å²) in [4.78, 5) is 17.8. The molecule has 5 rings (SSSR count). The maximum Gasteiger partial charge on any atom is 0.342 e. The van der Waals surface area contributed by atoms with Crippen molar-refractivity contribution in [2.45, 2.75) is 31.0 Å². The van der Waals surface area contributed by atoms with E-state index in [0.29, 0.717) is 30.6 Å². The molecule has 2 fully saturated rings. The molecule has 6 nitrogen and oxygen atoms in total. The topological polar surface area (TPSA) is 62.2 Å². The molecule has 190 valence electrons. The summed E-state index contributed by atoms with van der Waals surface area (Å²) >= 11 is 0. The number of rotatable bonds is 6. The Kier molecular flexibility index (Phi) is 7.28. The molecule has 1 aliphatic carbocycles. The van der Waals surface area contributed by atoms with Crippen molar-refractivity contribution in [1.29, 1.82) is 0 Å². The highest BCUT2D eigenvalue weighted by Crippen LogP contribution is 2.44. The van der Waals surface area contributed by atoms with Crippen molar-refractivity contribution in [2.75, 3.05) is 46.9 Å². The van der Waals surface area contributed by atoms with E-state index < -0.39 is 5.60 Å². The number of hydrogen-bond donors (Lipinski definition) is 1. The molecule has 1 N–H and O–H groups in total. The summed E-state index contributed by atoms with van der Waals surface area (Å²) in [5.74, 6) is 0.0956. The van der Waals surface area contributed by atoms with Gasteiger partial charge in [0.2, 0.25) is 0 Å². The van der Waals surface area contributed by atoms with Crippen LogP contribution in [0.4, 0.5) is 0 Å². The number of nitrogens with zero attached hydrogens (tertiary/aromatic N) is 2. The van der Waals surface area contributed by atoms with Crippen LogP contribution in [0, 0.1) is 5.92 Å². The summed E-state index contributed by atoms with van der Waals surface area (Å²) in [7, 11) is 3.71. The number of benzene rings is 3. The second-order valence-corrected chi connectivity index (χ2v) is 10.3. The van der Waals surface area contributed by atoms with Gasteiger partial charge in [-0.3, -0.25) is 0 Å². The summed E-state index contributed by atoms with van der Waals surface area (Å²) < 4.78 is 11.4. The fraction of sp³-hybridized carbons (Fsp3) is 0.433. The molecule has 1 saturated heterocycles. The fourth-order valence-corrected chi connectivity index (χ4v) is 5.76. The largest absolute Gasteiger partial charge is 0.496 e. The van der Waals surface area contributed by atoms with Crippen LogP contribution in [0.25, 0.3) is 10.8 Å². The van der Waals surface area contributed by atoms with E-state index in [-0.39, 0.29) is 18.0 Å². The number of ether oxygens (including phenoxy) is 2. The Morgan fingerprint density at radius 3 is 2.50 bits per heavy atom. The van der Waals surface area contributed by atoms with E-state index in [2.05, 4.69) is 47.2 Å². The monoisotopic (exact) mass is 488 g/mol. The first-order chi connectivity index (χ1) is 17.5. The lowest BCUT2D eigenvalue weighted by Gasteiger charge is -2.46. The van der Waals surface area contributed by atoms with Crippen LogP contribution in [0.2, 0.25) is 0 Å². The average Bonchev–Trinajstić information content (AvgIpc) is 2.91. The van der Waals surface area contributed by atoms with Crippen molar-refractivity contribution in [3.63, 3.8) is 0 Å². The highest BCUT2D eigenvalue weighted by molar-refractivity contribution is 5.92. The normalized spacial score (nSPS) is 25.5. The van der Waals surface area contributed by atoms with Gasteiger partial charge in [0.25, 0.3) is 0 Å². The van der Waals surface area contributed by atoms with Crippen molar-refractivity contribution in [2.24, 2.45) is 5.92 Å². The Balaban J connectivity index is 1.39. The Morgan fingerprint density at radius 1 is 1.00 bits per heavy atom. The van der Waals surface area contributed by atoms with E-state index in [9.17, 15) is 9.90 Å². The first-order valence-electron chi connectivity index (χ1n) is 12.9. The van der Waals surface area contributed by atoms with E-state index in [0.717, 1.165) is 43.7 Å². The van der Waals surface area contributed by atoms with Crippen LogP contribution >= 0.6 is 0 Å². The highest BCUT2D eigenvalue weighted by atomic mass is 16.5. The van der Waals surface area contributed by atoms with Gasteiger partial charge in [0.1, 0.15) is 17.4 Å². The Hall–Kier alpha value is -2.93. The van der Waals surface area contributed by atoms with Crippen LogP contribution < -0.4 is 4.74 Å². The van der Waals surface area contributed by atoms with E-state index in [4.69, 9.17) is 9.47 Å². The Labute approximate surface area is 213 Å². The maximum atomic E-state index is 13.0. The number of para-hydroxylation sites is 1. The minimum Gasteiger partial charge on any atom is -0.496 e. The SMILES string of the molecule is COc1ccccc1C(=O)OC1CCC(O)(c2ccc3ccccc3c2)C(CN2CCN(C)CC2)C1. The number of likely N-dealkylation sites (N-methyl/N-ethyl adjacent to an activating group) is 1. The first kappa shape index (κ1) is 24.8. The molecular weight excluding hydrogens is 452 g/mol. The summed E-state index contributed by atoms with van der Waals surface area (Å²) in [6, 6.07) is 21.7. The average molecular weight is 489 g/mol. The van der Waals surface area contributed by atoms with Gasteiger partial charge in [0.15, 0.2) is 0 Å². The lowest BCUT2D eigenvalue weighted by Crippen LogP contribution is -2.52. The van der Waals surface area contributed by atoms with E-state index in [1.807, 2.05) is 24.3 Å². The molecule has 1 saturated carbocycles. The van der Waals surface area contributed by atoms with Gasteiger partial charge in [-0.1, -0.05) is 48.5 Å². The van der Waals surface area contributed by atoms with Crippen LogP contribution in [0.1, 0.15) is 35.2 Å². The maximum absolute atomic E-state index is 13.0. The first-order valence-corrected chi connectivity index (χ1v) is 12.9. The molecule has 0 amide bonds. The second kappa shape index (κ2) is 10.6. The predicted molar refractivity (Wildman–Crippen MR) is 141 cm³/mol. The molecule has 3 atom stereocenters. The standard InChI is InChI=1S/C30H36N2O4/c1-31-15-17-32(18-16-31)21-25-20-26(36-29(33)27-9-5-6-10-28(27)35-2)13-14-30(25,34)24-12-11-22-7-3-4-8-23(22)19-24/h3-12,19,25-26,34H,13-18,20-21H2,1-2H3. The third-order valence-corrected chi connectivity index (χ3v) is 7.99. The summed E-state index contributed by atoms with van der Waals surface area (Å²) in [6.45, 7) is 4.78. The lowest BCUT2D eigenvalue weighted by atomic mass is 9.70. The minimum absolute atomic E-state index is 0.0497.